The van der Waals surface area contributed by atoms with E-state index in [1.807, 2.05) is 22.6 Å². The first-order chi connectivity index (χ1) is 7.97. The molecule has 0 saturated carbocycles. The third kappa shape index (κ3) is 4.33. The molecule has 0 radical (unpaired) electrons. The van der Waals surface area contributed by atoms with Crippen LogP contribution in [0.2, 0.25) is 0 Å². The first-order valence-corrected chi connectivity index (χ1v) is 6.10. The van der Waals surface area contributed by atoms with Gasteiger partial charge in [0.05, 0.1) is 5.56 Å². The highest BCUT2D eigenvalue weighted by molar-refractivity contribution is 14.1. The van der Waals surface area contributed by atoms with E-state index in [0.717, 1.165) is 12.1 Å². The number of halogens is 4. The number of benzene rings is 1. The van der Waals surface area contributed by atoms with Gasteiger partial charge in [-0.3, -0.25) is 4.79 Å². The highest BCUT2D eigenvalue weighted by Gasteiger charge is 2.17. The Morgan fingerprint density at radius 1 is 1.39 bits per heavy atom. The lowest BCUT2D eigenvalue weighted by Gasteiger charge is -2.17. The molecule has 0 aliphatic carbocycles. The number of hydrogen-bond acceptors (Lipinski definition) is 2. The van der Waals surface area contributed by atoms with Gasteiger partial charge in [0.25, 0.3) is 5.91 Å². The van der Waals surface area contributed by atoms with Crippen LogP contribution in [0, 0.1) is 15.2 Å². The molecular weight excluding hydrogens is 376 g/mol. The summed E-state index contributed by atoms with van der Waals surface area (Å²) in [4.78, 5) is 13.4. The standard InChI is InChI=1S/C11H13F2IN2O.ClH/c1-15-3-4-16(2)11(17)7-5-8(12)9(13)6-10(7)14;/h5-6,15H,3-4H2,1-2H3;1H. The van der Waals surface area contributed by atoms with Gasteiger partial charge in [0.2, 0.25) is 0 Å². The molecule has 102 valence electrons. The third-order valence-electron chi connectivity index (χ3n) is 2.28. The van der Waals surface area contributed by atoms with E-state index in [-0.39, 0.29) is 23.9 Å². The molecule has 0 heterocycles. The maximum atomic E-state index is 13.1. The molecule has 0 fully saturated rings. The van der Waals surface area contributed by atoms with Gasteiger partial charge in [0.1, 0.15) is 0 Å². The molecule has 1 amide bonds. The van der Waals surface area contributed by atoms with Crippen molar-refractivity contribution in [3.05, 3.63) is 32.9 Å². The van der Waals surface area contributed by atoms with E-state index in [0.29, 0.717) is 16.7 Å². The second-order valence-electron chi connectivity index (χ2n) is 3.58. The molecule has 0 aromatic heterocycles. The predicted molar refractivity (Wildman–Crippen MR) is 77.2 cm³/mol. The van der Waals surface area contributed by atoms with Crippen LogP contribution < -0.4 is 5.32 Å². The lowest BCUT2D eigenvalue weighted by molar-refractivity contribution is 0.0795. The van der Waals surface area contributed by atoms with Gasteiger partial charge in [0.15, 0.2) is 11.6 Å². The smallest absolute Gasteiger partial charge is 0.254 e. The van der Waals surface area contributed by atoms with Gasteiger partial charge < -0.3 is 10.2 Å². The molecule has 0 aliphatic heterocycles. The highest BCUT2D eigenvalue weighted by Crippen LogP contribution is 2.18. The Hall–Kier alpha value is -0.470. The zero-order chi connectivity index (χ0) is 13.0. The summed E-state index contributed by atoms with van der Waals surface area (Å²) in [5, 5.41) is 2.91. The van der Waals surface area contributed by atoms with Crippen molar-refractivity contribution in [3.63, 3.8) is 0 Å². The first-order valence-electron chi connectivity index (χ1n) is 5.02. The third-order valence-corrected chi connectivity index (χ3v) is 3.18. The molecule has 1 aromatic carbocycles. The van der Waals surface area contributed by atoms with Crippen molar-refractivity contribution in [2.45, 2.75) is 0 Å². The normalized spacial score (nSPS) is 9.83. The number of likely N-dealkylation sites (N-methyl/N-ethyl adjacent to an activating group) is 2. The van der Waals surface area contributed by atoms with Gasteiger partial charge in [-0.1, -0.05) is 0 Å². The Kier molecular flexibility index (Phi) is 7.65. The number of nitrogens with zero attached hydrogens (tertiary/aromatic N) is 1. The molecule has 0 unspecified atom stereocenters. The van der Waals surface area contributed by atoms with E-state index in [2.05, 4.69) is 5.32 Å². The SMILES string of the molecule is CNCCN(C)C(=O)c1cc(F)c(F)cc1I.Cl. The zero-order valence-corrected chi connectivity index (χ0v) is 12.9. The van der Waals surface area contributed by atoms with Crippen molar-refractivity contribution < 1.29 is 13.6 Å². The van der Waals surface area contributed by atoms with E-state index in [4.69, 9.17) is 0 Å². The minimum Gasteiger partial charge on any atom is -0.340 e. The minimum atomic E-state index is -1.00. The van der Waals surface area contributed by atoms with Crippen LogP contribution in [0.5, 0.6) is 0 Å². The highest BCUT2D eigenvalue weighted by atomic mass is 127. The van der Waals surface area contributed by atoms with Gasteiger partial charge in [0, 0.05) is 23.7 Å². The van der Waals surface area contributed by atoms with Crippen LogP contribution in [0.1, 0.15) is 10.4 Å². The van der Waals surface area contributed by atoms with Crippen LogP contribution in [-0.4, -0.2) is 38.0 Å². The van der Waals surface area contributed by atoms with Crippen LogP contribution >= 0.6 is 35.0 Å². The second kappa shape index (κ2) is 7.85. The fourth-order valence-electron chi connectivity index (χ4n) is 1.27. The topological polar surface area (TPSA) is 32.3 Å². The lowest BCUT2D eigenvalue weighted by Crippen LogP contribution is -2.33. The summed E-state index contributed by atoms with van der Waals surface area (Å²) in [6, 6.07) is 1.96. The molecule has 7 heteroatoms. The Labute approximate surface area is 124 Å². The number of rotatable bonds is 4. The van der Waals surface area contributed by atoms with Gasteiger partial charge in [-0.05, 0) is 41.8 Å². The number of hydrogen-bond donors (Lipinski definition) is 1. The molecule has 0 atom stereocenters. The van der Waals surface area contributed by atoms with E-state index in [9.17, 15) is 13.6 Å². The average Bonchev–Trinajstić information content (AvgIpc) is 2.29. The summed E-state index contributed by atoms with van der Waals surface area (Å²) in [7, 11) is 3.40. The molecule has 0 spiro atoms. The fraction of sp³-hybridized carbons (Fsp3) is 0.364. The summed E-state index contributed by atoms with van der Waals surface area (Å²) in [5.41, 5.74) is 0.183. The van der Waals surface area contributed by atoms with Crippen LogP contribution in [0.4, 0.5) is 8.78 Å². The molecule has 0 saturated heterocycles. The maximum absolute atomic E-state index is 13.1. The van der Waals surface area contributed by atoms with E-state index < -0.39 is 11.6 Å². The Morgan fingerprint density at radius 3 is 2.50 bits per heavy atom. The first kappa shape index (κ1) is 17.5. The van der Waals surface area contributed by atoms with Gasteiger partial charge >= 0.3 is 0 Å². The van der Waals surface area contributed by atoms with Crippen LogP contribution in [0.15, 0.2) is 12.1 Å². The van der Waals surface area contributed by atoms with Crippen LogP contribution in [0.25, 0.3) is 0 Å². The predicted octanol–water partition coefficient (Wildman–Crippen LogP) is 2.28. The second-order valence-corrected chi connectivity index (χ2v) is 4.74. The number of carbonyl (C=O) groups is 1. The van der Waals surface area contributed by atoms with Crippen molar-refractivity contribution in [2.75, 3.05) is 27.2 Å². The van der Waals surface area contributed by atoms with Crippen LogP contribution in [0.3, 0.4) is 0 Å². The summed E-state index contributed by atoms with van der Waals surface area (Å²) >= 11 is 1.82. The largest absolute Gasteiger partial charge is 0.340 e. The summed E-state index contributed by atoms with van der Waals surface area (Å²) in [5.74, 6) is -2.26. The Balaban J connectivity index is 0.00000289. The van der Waals surface area contributed by atoms with Crippen molar-refractivity contribution in [2.24, 2.45) is 0 Å². The Bertz CT molecular complexity index is 432. The molecule has 18 heavy (non-hydrogen) atoms. The quantitative estimate of drug-likeness (QED) is 0.632. The summed E-state index contributed by atoms with van der Waals surface area (Å²) < 4.78 is 26.4. The average molecular weight is 391 g/mol. The summed E-state index contributed by atoms with van der Waals surface area (Å²) in [6.45, 7) is 1.15. The van der Waals surface area contributed by atoms with Crippen molar-refractivity contribution in [3.8, 4) is 0 Å². The zero-order valence-electron chi connectivity index (χ0n) is 9.97. The van der Waals surface area contributed by atoms with Crippen molar-refractivity contribution in [1.29, 1.82) is 0 Å². The number of nitrogens with one attached hydrogen (secondary N) is 1. The molecular formula is C11H14ClF2IN2O. The molecule has 0 aliphatic rings. The molecule has 1 aromatic rings. The lowest BCUT2D eigenvalue weighted by atomic mass is 10.2. The van der Waals surface area contributed by atoms with Gasteiger partial charge in [-0.15, -0.1) is 12.4 Å². The Morgan fingerprint density at radius 2 is 1.94 bits per heavy atom. The molecule has 3 nitrogen and oxygen atoms in total. The monoisotopic (exact) mass is 390 g/mol. The van der Waals surface area contributed by atoms with Gasteiger partial charge in [-0.25, -0.2) is 8.78 Å². The van der Waals surface area contributed by atoms with Crippen molar-refractivity contribution >= 4 is 40.9 Å². The maximum Gasteiger partial charge on any atom is 0.254 e. The van der Waals surface area contributed by atoms with Crippen molar-refractivity contribution in [1.82, 2.24) is 10.2 Å². The molecule has 1 rings (SSSR count). The van der Waals surface area contributed by atoms with E-state index in [1.54, 1.807) is 14.1 Å². The van der Waals surface area contributed by atoms with E-state index >= 15 is 0 Å². The van der Waals surface area contributed by atoms with Crippen LogP contribution in [-0.2, 0) is 0 Å². The van der Waals surface area contributed by atoms with Gasteiger partial charge in [-0.2, -0.15) is 0 Å². The summed E-state index contributed by atoms with van der Waals surface area (Å²) in [6.07, 6.45) is 0. The number of amides is 1. The number of carbonyl (C=O) groups excluding carboxylic acids is 1. The van der Waals surface area contributed by atoms with E-state index in [1.165, 1.54) is 4.90 Å². The molecule has 0 bridgehead atoms. The molecule has 1 N–H and O–H groups in total. The fourth-order valence-corrected chi connectivity index (χ4v) is 1.93. The minimum absolute atomic E-state index is 0.